The van der Waals surface area contributed by atoms with Crippen molar-refractivity contribution in [2.45, 2.75) is 159 Å². The number of nitrogens with zero attached hydrogens (tertiary/aromatic N) is 2. The van der Waals surface area contributed by atoms with E-state index in [0.29, 0.717) is 54.4 Å². The van der Waals surface area contributed by atoms with Gasteiger partial charge in [-0.25, -0.2) is 0 Å². The van der Waals surface area contributed by atoms with E-state index in [0.717, 1.165) is 88.1 Å². The molecule has 0 radical (unpaired) electrons. The highest BCUT2D eigenvalue weighted by atomic mass is 16.8. The Hall–Kier alpha value is -4.11. The van der Waals surface area contributed by atoms with Crippen LogP contribution < -0.4 is 9.47 Å². The summed E-state index contributed by atoms with van der Waals surface area (Å²) in [5.74, 6) is -0.386. The van der Waals surface area contributed by atoms with E-state index in [1.54, 1.807) is 24.3 Å². The van der Waals surface area contributed by atoms with Crippen LogP contribution in [0.2, 0.25) is 0 Å². The molecular formula is C55H80N2O11. The normalized spacial score (nSPS) is 24.6. The maximum Gasteiger partial charge on any atom is 0.239 e. The summed E-state index contributed by atoms with van der Waals surface area (Å²) in [4.78, 5) is 35.0. The number of fused-ring (bicyclic) bond motifs is 2. The zero-order valence-electron chi connectivity index (χ0n) is 40.7. The summed E-state index contributed by atoms with van der Waals surface area (Å²) < 4.78 is 33.0. The first-order valence-corrected chi connectivity index (χ1v) is 26.0. The summed E-state index contributed by atoms with van der Waals surface area (Å²) in [6.45, 7) is 7.67. The van der Waals surface area contributed by atoms with Gasteiger partial charge in [-0.2, -0.15) is 0 Å². The first kappa shape index (κ1) is 53.2. The molecule has 2 aromatic carbocycles. The molecule has 7 atom stereocenters. The summed E-state index contributed by atoms with van der Waals surface area (Å²) in [6.07, 6.45) is 22.3. The van der Waals surface area contributed by atoms with Crippen LogP contribution in [0.25, 0.3) is 0 Å². The van der Waals surface area contributed by atoms with Gasteiger partial charge in [-0.05, 0) is 92.7 Å². The first-order valence-electron chi connectivity index (χ1n) is 26.0. The molecule has 2 fully saturated rings. The molecule has 7 unspecified atom stereocenters. The second-order valence-electron chi connectivity index (χ2n) is 19.0. The zero-order valence-corrected chi connectivity index (χ0v) is 40.7. The molecule has 13 nitrogen and oxygen atoms in total. The molecule has 6 rings (SSSR count). The van der Waals surface area contributed by atoms with Crippen LogP contribution in [0.5, 0.6) is 17.2 Å². The van der Waals surface area contributed by atoms with Gasteiger partial charge in [0.1, 0.15) is 29.6 Å². The van der Waals surface area contributed by atoms with E-state index < -0.39 is 24.0 Å². The van der Waals surface area contributed by atoms with Gasteiger partial charge in [-0.1, -0.05) is 101 Å². The number of unbranched alkanes of at least 4 members (excludes halogenated alkanes) is 10. The van der Waals surface area contributed by atoms with Gasteiger partial charge in [0.15, 0.2) is 0 Å². The lowest BCUT2D eigenvalue weighted by molar-refractivity contribution is -0.258. The van der Waals surface area contributed by atoms with E-state index in [1.165, 1.54) is 32.1 Å². The Morgan fingerprint density at radius 1 is 0.897 bits per heavy atom. The van der Waals surface area contributed by atoms with Crippen LogP contribution in [0.15, 0.2) is 71.9 Å². The van der Waals surface area contributed by atoms with Crippen LogP contribution in [0.4, 0.5) is 0 Å². The number of allylic oxidation sites excluding steroid dienone is 1. The molecule has 2 aromatic rings. The number of hydrogen-bond acceptors (Lipinski definition) is 12. The summed E-state index contributed by atoms with van der Waals surface area (Å²) in [5.41, 5.74) is 3.08. The Kier molecular flexibility index (Phi) is 22.3. The SMILES string of the molecule is C=CCOC12Oc3ccc(Oc4cccc(C=O)c4)cc3C3C(CCCCO)C(CCCCO)C=C(C(=NOC4CCCCO4)CC1N(CCOCCO)C(=O)CCCCCCCCCCC)C32. The average molecular weight is 945 g/mol. The largest absolute Gasteiger partial charge is 0.459 e. The number of oxime groups is 1. The monoisotopic (exact) mass is 945 g/mol. The van der Waals surface area contributed by atoms with Gasteiger partial charge in [0.2, 0.25) is 18.0 Å². The van der Waals surface area contributed by atoms with Crippen LogP contribution in [-0.4, -0.2) is 109 Å². The molecule has 0 spiro atoms. The molecule has 2 aliphatic heterocycles. The fourth-order valence-electron chi connectivity index (χ4n) is 10.9. The molecular weight excluding hydrogens is 865 g/mol. The Bertz CT molecular complexity index is 1920. The van der Waals surface area contributed by atoms with Crippen molar-refractivity contribution in [3.8, 4) is 17.2 Å². The molecule has 3 N–H and O–H groups in total. The number of amides is 1. The first-order chi connectivity index (χ1) is 33.4. The van der Waals surface area contributed by atoms with Crippen molar-refractivity contribution in [1.29, 1.82) is 0 Å². The van der Waals surface area contributed by atoms with Crippen LogP contribution in [0.3, 0.4) is 0 Å². The smallest absolute Gasteiger partial charge is 0.239 e. The Morgan fingerprint density at radius 3 is 2.38 bits per heavy atom. The fourth-order valence-corrected chi connectivity index (χ4v) is 10.9. The summed E-state index contributed by atoms with van der Waals surface area (Å²) >= 11 is 0. The number of carbonyl (C=O) groups is 2. The van der Waals surface area contributed by atoms with Crippen molar-refractivity contribution < 1.29 is 53.4 Å². The van der Waals surface area contributed by atoms with E-state index >= 15 is 4.79 Å². The molecule has 2 heterocycles. The second-order valence-corrected chi connectivity index (χ2v) is 19.0. The van der Waals surface area contributed by atoms with Crippen molar-refractivity contribution in [3.05, 3.63) is 77.9 Å². The number of benzene rings is 2. The number of aldehydes is 1. The van der Waals surface area contributed by atoms with Crippen molar-refractivity contribution in [1.82, 2.24) is 4.90 Å². The number of carbonyl (C=O) groups excluding carboxylic acids is 2. The fraction of sp³-hybridized carbons (Fsp3) is 0.655. The predicted molar refractivity (Wildman–Crippen MR) is 263 cm³/mol. The van der Waals surface area contributed by atoms with Crippen LogP contribution in [0.1, 0.15) is 157 Å². The highest BCUT2D eigenvalue weighted by Crippen LogP contribution is 2.62. The Balaban J connectivity index is 1.49. The molecule has 1 saturated carbocycles. The van der Waals surface area contributed by atoms with Gasteiger partial charge in [-0.3, -0.25) is 9.59 Å². The van der Waals surface area contributed by atoms with Crippen molar-refractivity contribution in [2.24, 2.45) is 22.9 Å². The standard InChI is InChI=1S/C55H80N2O11/c1-3-5-6-7-8-9-10-11-12-24-51(62)57(28-34-63-35-31-60)50-39-48(56-68-52-25-15-18-33-64-52)46-37-42(21-13-16-29-58)45(23-14-17-30-59)53-47-38-44(66-43-22-19-20-41(36-43)40-61)26-27-49(47)67-55(50,54(46)53)65-32-4-2/h4,19-20,22,26-27,36-38,40,42,45,50,52-54,58-60H,2-3,5-18,21,23-25,28-35,39H2,1H3. The molecule has 13 heteroatoms. The van der Waals surface area contributed by atoms with Crippen molar-refractivity contribution in [2.75, 3.05) is 52.8 Å². The third kappa shape index (κ3) is 14.3. The van der Waals surface area contributed by atoms with E-state index in [4.69, 9.17) is 33.7 Å². The van der Waals surface area contributed by atoms with E-state index in [-0.39, 0.29) is 76.3 Å². The highest BCUT2D eigenvalue weighted by molar-refractivity contribution is 6.03. The van der Waals surface area contributed by atoms with Gasteiger partial charge in [0.25, 0.3) is 0 Å². The minimum absolute atomic E-state index is 0.0265. The highest BCUT2D eigenvalue weighted by Gasteiger charge is 2.65. The number of aliphatic hydroxyl groups is 3. The summed E-state index contributed by atoms with van der Waals surface area (Å²) in [6, 6.07) is 12.2. The zero-order chi connectivity index (χ0) is 48.0. The summed E-state index contributed by atoms with van der Waals surface area (Å²) in [5, 5.41) is 34.7. The molecule has 376 valence electrons. The lowest BCUT2D eigenvalue weighted by atomic mass is 9.55. The number of hydrogen-bond donors (Lipinski definition) is 3. The Morgan fingerprint density at radius 2 is 1.66 bits per heavy atom. The second kappa shape index (κ2) is 28.5. The molecule has 2 aliphatic carbocycles. The molecule has 1 amide bonds. The van der Waals surface area contributed by atoms with Gasteiger partial charge in [-0.15, -0.1) is 6.58 Å². The maximum absolute atomic E-state index is 15.0. The summed E-state index contributed by atoms with van der Waals surface area (Å²) in [7, 11) is 0. The van der Waals surface area contributed by atoms with Crippen LogP contribution in [0, 0.1) is 17.8 Å². The lowest BCUT2D eigenvalue weighted by Crippen LogP contribution is -2.70. The Labute approximate surface area is 405 Å². The molecule has 4 aliphatic rings. The average Bonchev–Trinajstić information content (AvgIpc) is 3.36. The van der Waals surface area contributed by atoms with Gasteiger partial charge < -0.3 is 48.7 Å². The quantitative estimate of drug-likeness (QED) is 0.0277. The van der Waals surface area contributed by atoms with Gasteiger partial charge >= 0.3 is 0 Å². The molecule has 68 heavy (non-hydrogen) atoms. The van der Waals surface area contributed by atoms with Crippen molar-refractivity contribution >= 4 is 17.9 Å². The minimum Gasteiger partial charge on any atom is -0.459 e. The van der Waals surface area contributed by atoms with Crippen LogP contribution >= 0.6 is 0 Å². The third-order valence-corrected chi connectivity index (χ3v) is 14.2. The van der Waals surface area contributed by atoms with Gasteiger partial charge in [0, 0.05) is 56.1 Å². The van der Waals surface area contributed by atoms with E-state index in [1.807, 2.05) is 29.2 Å². The molecule has 1 saturated heterocycles. The van der Waals surface area contributed by atoms with E-state index in [2.05, 4.69) is 19.6 Å². The topological polar surface area (TPSA) is 166 Å². The molecule has 0 aromatic heterocycles. The number of aliphatic hydroxyl groups excluding tert-OH is 3. The number of ether oxygens (including phenoxy) is 5. The minimum atomic E-state index is -1.42. The van der Waals surface area contributed by atoms with Gasteiger partial charge in [0.05, 0.1) is 44.7 Å². The lowest BCUT2D eigenvalue weighted by Gasteiger charge is -2.60. The van der Waals surface area contributed by atoms with E-state index in [9.17, 15) is 20.1 Å². The number of rotatable bonds is 32. The van der Waals surface area contributed by atoms with Crippen LogP contribution in [-0.2, 0) is 23.8 Å². The molecule has 0 bridgehead atoms. The van der Waals surface area contributed by atoms with Crippen molar-refractivity contribution in [3.63, 3.8) is 0 Å². The predicted octanol–water partition coefficient (Wildman–Crippen LogP) is 10.2. The maximum atomic E-state index is 15.0. The third-order valence-electron chi connectivity index (χ3n) is 14.2.